The number of Topliss-reactive ketones (excluding diaryl/α,β-unsaturated/α-hetero) is 1. The quantitative estimate of drug-likeness (QED) is 0.632. The van der Waals surface area contributed by atoms with Gasteiger partial charge in [0.25, 0.3) is 5.91 Å². The summed E-state index contributed by atoms with van der Waals surface area (Å²) in [7, 11) is 1.73. The zero-order chi connectivity index (χ0) is 22.1. The maximum atomic E-state index is 12.9. The van der Waals surface area contributed by atoms with Gasteiger partial charge >= 0.3 is 0 Å². The highest BCUT2D eigenvalue weighted by Crippen LogP contribution is 2.33. The number of fused-ring (bicyclic) bond motifs is 1. The number of rotatable bonds is 5. The van der Waals surface area contributed by atoms with E-state index in [1.165, 1.54) is 11.3 Å². The van der Waals surface area contributed by atoms with Gasteiger partial charge in [-0.1, -0.05) is 29.0 Å². The normalized spacial score (nSPS) is 15.5. The molecule has 1 aliphatic rings. The highest BCUT2D eigenvalue weighted by molar-refractivity contribution is 7.17. The Hall–Kier alpha value is -2.91. The highest BCUT2D eigenvalue weighted by Gasteiger charge is 2.34. The number of nitrogens with one attached hydrogen (secondary N) is 1. The third kappa shape index (κ3) is 4.72. The molecule has 0 saturated carbocycles. The van der Waals surface area contributed by atoms with E-state index in [1.54, 1.807) is 35.4 Å². The molecule has 2 aromatic heterocycles. The number of aromatic nitrogens is 2. The van der Waals surface area contributed by atoms with Gasteiger partial charge in [-0.15, -0.1) is 11.3 Å². The smallest absolute Gasteiger partial charge is 0.257 e. The van der Waals surface area contributed by atoms with E-state index in [0.717, 1.165) is 16.3 Å². The third-order valence-corrected chi connectivity index (χ3v) is 6.99. The van der Waals surface area contributed by atoms with Crippen LogP contribution in [0.3, 0.4) is 0 Å². The van der Waals surface area contributed by atoms with E-state index in [0.29, 0.717) is 34.2 Å². The molecular weight excluding hydrogens is 432 g/mol. The van der Waals surface area contributed by atoms with Gasteiger partial charge in [0.05, 0.1) is 33.7 Å². The maximum Gasteiger partial charge on any atom is 0.257 e. The fraction of sp³-hybridized carbons (Fsp3) is 0.318. The molecule has 3 aromatic rings. The minimum atomic E-state index is -0.452. The zero-order valence-corrected chi connectivity index (χ0v) is 19.1. The van der Waals surface area contributed by atoms with Crippen molar-refractivity contribution in [3.8, 4) is 0 Å². The Morgan fingerprint density at radius 3 is 2.74 bits per heavy atom. The number of carbonyl (C=O) groups excluding carboxylic acids is 3. The molecule has 0 saturated heterocycles. The van der Waals surface area contributed by atoms with E-state index in [9.17, 15) is 14.4 Å². The summed E-state index contributed by atoms with van der Waals surface area (Å²) in [5, 5.41) is 6.05. The van der Waals surface area contributed by atoms with E-state index in [2.05, 4.69) is 15.3 Å². The molecule has 0 fully saturated rings. The first-order valence-electron chi connectivity index (χ1n) is 9.87. The highest BCUT2D eigenvalue weighted by atomic mass is 32.1. The van der Waals surface area contributed by atoms with Crippen LogP contribution in [-0.2, 0) is 17.8 Å². The van der Waals surface area contributed by atoms with Crippen LogP contribution in [0.15, 0.2) is 29.6 Å². The minimum Gasteiger partial charge on any atom is -0.340 e. The summed E-state index contributed by atoms with van der Waals surface area (Å²) in [6, 6.07) is 7.26. The van der Waals surface area contributed by atoms with Crippen molar-refractivity contribution in [3.63, 3.8) is 0 Å². The summed E-state index contributed by atoms with van der Waals surface area (Å²) >= 11 is 2.72. The fourth-order valence-electron chi connectivity index (χ4n) is 3.63. The molecule has 160 valence electrons. The van der Waals surface area contributed by atoms with Gasteiger partial charge in [-0.05, 0) is 26.0 Å². The molecule has 1 N–H and O–H groups in total. The molecule has 1 aromatic carbocycles. The van der Waals surface area contributed by atoms with Gasteiger partial charge in [0, 0.05) is 30.8 Å². The Bertz CT molecular complexity index is 1170. The van der Waals surface area contributed by atoms with Crippen molar-refractivity contribution in [1.82, 2.24) is 14.9 Å². The molecule has 2 heterocycles. The lowest BCUT2D eigenvalue weighted by molar-refractivity contribution is -0.134. The second-order valence-corrected chi connectivity index (χ2v) is 9.76. The molecule has 0 radical (unpaired) electrons. The summed E-state index contributed by atoms with van der Waals surface area (Å²) in [5.74, 6) is -0.922. The third-order valence-electron chi connectivity index (χ3n) is 5.11. The SMILES string of the molecule is Cc1cccc(C(=O)Nc2nc3c(s2)C(=O)C[C@@H](C(=O)N(C)Cc2csc(C)n2)C3)c1. The number of ketones is 1. The Kier molecular flexibility index (Phi) is 5.97. The number of hydrogen-bond donors (Lipinski definition) is 1. The average molecular weight is 455 g/mol. The average Bonchev–Trinajstić information content (AvgIpc) is 3.33. The lowest BCUT2D eigenvalue weighted by Crippen LogP contribution is -2.36. The van der Waals surface area contributed by atoms with Gasteiger partial charge in [-0.25, -0.2) is 9.97 Å². The molecule has 1 atom stereocenters. The zero-order valence-electron chi connectivity index (χ0n) is 17.5. The van der Waals surface area contributed by atoms with Crippen LogP contribution in [0.5, 0.6) is 0 Å². The molecule has 0 bridgehead atoms. The van der Waals surface area contributed by atoms with Gasteiger partial charge in [-0.3, -0.25) is 19.7 Å². The molecule has 0 spiro atoms. The monoisotopic (exact) mass is 454 g/mol. The van der Waals surface area contributed by atoms with Gasteiger partial charge < -0.3 is 4.90 Å². The fourth-order valence-corrected chi connectivity index (χ4v) is 5.17. The van der Waals surface area contributed by atoms with Crippen molar-refractivity contribution in [2.75, 3.05) is 12.4 Å². The number of anilines is 1. The van der Waals surface area contributed by atoms with Crippen molar-refractivity contribution in [3.05, 3.63) is 62.0 Å². The van der Waals surface area contributed by atoms with Gasteiger partial charge in [0.1, 0.15) is 0 Å². The van der Waals surface area contributed by atoms with Gasteiger partial charge in [-0.2, -0.15) is 0 Å². The van der Waals surface area contributed by atoms with Crippen LogP contribution >= 0.6 is 22.7 Å². The number of benzene rings is 1. The summed E-state index contributed by atoms with van der Waals surface area (Å²) in [4.78, 5) is 49.1. The van der Waals surface area contributed by atoms with Crippen molar-refractivity contribution < 1.29 is 14.4 Å². The number of aryl methyl sites for hydroxylation is 2. The van der Waals surface area contributed by atoms with Crippen molar-refractivity contribution >= 4 is 45.4 Å². The topological polar surface area (TPSA) is 92.3 Å². The van der Waals surface area contributed by atoms with Crippen LogP contribution in [0.1, 0.15) is 48.4 Å². The van der Waals surface area contributed by atoms with Crippen LogP contribution in [-0.4, -0.2) is 39.5 Å². The molecule has 2 amide bonds. The van der Waals surface area contributed by atoms with Gasteiger partial charge in [0.15, 0.2) is 10.9 Å². The lowest BCUT2D eigenvalue weighted by atomic mass is 9.89. The van der Waals surface area contributed by atoms with E-state index < -0.39 is 5.92 Å². The molecule has 31 heavy (non-hydrogen) atoms. The maximum absolute atomic E-state index is 12.9. The summed E-state index contributed by atoms with van der Waals surface area (Å²) in [6.07, 6.45) is 0.539. The van der Waals surface area contributed by atoms with Crippen LogP contribution in [0.25, 0.3) is 0 Å². The van der Waals surface area contributed by atoms with Gasteiger partial charge in [0.2, 0.25) is 5.91 Å². The second-order valence-electron chi connectivity index (χ2n) is 7.70. The molecule has 1 aliphatic carbocycles. The first kappa shape index (κ1) is 21.3. The first-order valence-corrected chi connectivity index (χ1v) is 11.6. The predicted octanol–water partition coefficient (Wildman–Crippen LogP) is 3.87. The second kappa shape index (κ2) is 8.68. The molecular formula is C22H22N4O3S2. The molecule has 7 nitrogen and oxygen atoms in total. The molecule has 4 rings (SSSR count). The number of hydrogen-bond acceptors (Lipinski definition) is 7. The largest absolute Gasteiger partial charge is 0.340 e. The van der Waals surface area contributed by atoms with Crippen LogP contribution < -0.4 is 5.32 Å². The summed E-state index contributed by atoms with van der Waals surface area (Å²) in [5.41, 5.74) is 2.94. The number of nitrogens with zero attached hydrogens (tertiary/aromatic N) is 3. The Morgan fingerprint density at radius 1 is 1.23 bits per heavy atom. The van der Waals surface area contributed by atoms with Crippen LogP contribution in [0.4, 0.5) is 5.13 Å². The summed E-state index contributed by atoms with van der Waals surface area (Å²) < 4.78 is 0. The van der Waals surface area contributed by atoms with Crippen LogP contribution in [0, 0.1) is 19.8 Å². The van der Waals surface area contributed by atoms with E-state index in [-0.39, 0.29) is 24.0 Å². The molecule has 0 unspecified atom stereocenters. The molecule has 0 aliphatic heterocycles. The number of thiazole rings is 2. The van der Waals surface area contributed by atoms with Crippen molar-refractivity contribution in [2.45, 2.75) is 33.2 Å². The van der Waals surface area contributed by atoms with E-state index in [4.69, 9.17) is 0 Å². The van der Waals surface area contributed by atoms with E-state index in [1.807, 2.05) is 31.4 Å². The Morgan fingerprint density at radius 2 is 2.03 bits per heavy atom. The summed E-state index contributed by atoms with van der Waals surface area (Å²) in [6.45, 7) is 4.26. The minimum absolute atomic E-state index is 0.0944. The van der Waals surface area contributed by atoms with Crippen molar-refractivity contribution in [2.24, 2.45) is 5.92 Å². The standard InChI is InChI=1S/C22H22N4O3S2/c1-12-5-4-6-14(7-12)20(28)25-22-24-17-8-15(9-18(27)19(17)31-22)21(29)26(3)10-16-11-30-13(2)23-16/h4-7,11,15H,8-10H2,1-3H3,(H,24,25,28)/t15-/m0/s1. The van der Waals surface area contributed by atoms with Crippen LogP contribution in [0.2, 0.25) is 0 Å². The number of amides is 2. The Labute approximate surface area is 188 Å². The van der Waals surface area contributed by atoms with E-state index >= 15 is 0 Å². The van der Waals surface area contributed by atoms with Crippen molar-refractivity contribution in [1.29, 1.82) is 0 Å². The lowest BCUT2D eigenvalue weighted by Gasteiger charge is -2.25. The number of carbonyl (C=O) groups is 3. The first-order chi connectivity index (χ1) is 14.8. The Balaban J connectivity index is 1.45. The molecule has 9 heteroatoms. The predicted molar refractivity (Wildman–Crippen MR) is 121 cm³/mol.